The molecule has 2 aromatic rings. The summed E-state index contributed by atoms with van der Waals surface area (Å²) in [5.41, 5.74) is 2.38. The number of halogens is 1. The number of nitrogens with zero attached hydrogens (tertiary/aromatic N) is 1. The van der Waals surface area contributed by atoms with Crippen LogP contribution >= 0.6 is 11.6 Å². The second kappa shape index (κ2) is 6.34. The quantitative estimate of drug-likeness (QED) is 0.927. The lowest BCUT2D eigenvalue weighted by atomic mass is 10.1. The van der Waals surface area contributed by atoms with Crippen molar-refractivity contribution in [3.63, 3.8) is 0 Å². The molecule has 0 spiro atoms. The highest BCUT2D eigenvalue weighted by molar-refractivity contribution is 6.34. The normalized spacial score (nSPS) is 10.2. The zero-order valence-electron chi connectivity index (χ0n) is 10.7. The maximum atomic E-state index is 11.9. The van der Waals surface area contributed by atoms with Crippen LogP contribution in [0.2, 0.25) is 5.02 Å². The van der Waals surface area contributed by atoms with E-state index in [0.29, 0.717) is 17.1 Å². The second-order valence-electron chi connectivity index (χ2n) is 4.18. The topological polar surface area (TPSA) is 42.0 Å². The Bertz CT molecular complexity index is 570. The van der Waals surface area contributed by atoms with Crippen LogP contribution in [0, 0.1) is 0 Å². The van der Waals surface area contributed by atoms with Crippen molar-refractivity contribution in [3.8, 4) is 0 Å². The number of rotatable bonds is 4. The molecule has 0 aliphatic heterocycles. The Kier molecular flexibility index (Phi) is 4.53. The molecule has 4 heteroatoms. The summed E-state index contributed by atoms with van der Waals surface area (Å²) in [4.78, 5) is 16.1. The number of aryl methyl sites for hydroxylation is 1. The highest BCUT2D eigenvalue weighted by atomic mass is 35.5. The Morgan fingerprint density at radius 2 is 2.00 bits per heavy atom. The molecule has 1 aromatic heterocycles. The van der Waals surface area contributed by atoms with Gasteiger partial charge in [0.15, 0.2) is 0 Å². The molecular formula is C15H15ClN2O. The summed E-state index contributed by atoms with van der Waals surface area (Å²) < 4.78 is 0. The van der Waals surface area contributed by atoms with E-state index in [1.807, 2.05) is 37.3 Å². The number of nitrogens with one attached hydrogen (secondary N) is 1. The second-order valence-corrected chi connectivity index (χ2v) is 4.56. The van der Waals surface area contributed by atoms with E-state index in [2.05, 4.69) is 10.3 Å². The van der Waals surface area contributed by atoms with Gasteiger partial charge in [0.05, 0.1) is 22.8 Å². The van der Waals surface area contributed by atoms with Crippen LogP contribution < -0.4 is 5.32 Å². The van der Waals surface area contributed by atoms with Gasteiger partial charge in [0.2, 0.25) is 5.91 Å². The molecular weight excluding hydrogens is 260 g/mol. The minimum absolute atomic E-state index is 0.0821. The molecule has 0 radical (unpaired) electrons. The molecule has 1 heterocycles. The molecule has 0 fully saturated rings. The molecule has 2 rings (SSSR count). The largest absolute Gasteiger partial charge is 0.324 e. The Labute approximate surface area is 117 Å². The summed E-state index contributed by atoms with van der Waals surface area (Å²) in [6.45, 7) is 1.98. The van der Waals surface area contributed by atoms with E-state index < -0.39 is 0 Å². The van der Waals surface area contributed by atoms with Crippen molar-refractivity contribution in [2.24, 2.45) is 0 Å². The summed E-state index contributed by atoms with van der Waals surface area (Å²) in [5.74, 6) is -0.0821. The lowest BCUT2D eigenvalue weighted by Gasteiger charge is -2.09. The van der Waals surface area contributed by atoms with Crippen molar-refractivity contribution in [2.75, 3.05) is 5.32 Å². The van der Waals surface area contributed by atoms with E-state index in [-0.39, 0.29) is 5.91 Å². The van der Waals surface area contributed by atoms with E-state index in [9.17, 15) is 4.79 Å². The van der Waals surface area contributed by atoms with E-state index in [1.165, 1.54) is 0 Å². The molecule has 0 atom stereocenters. The van der Waals surface area contributed by atoms with Gasteiger partial charge in [-0.3, -0.25) is 9.78 Å². The van der Waals surface area contributed by atoms with Gasteiger partial charge in [0.25, 0.3) is 0 Å². The Balaban J connectivity index is 2.07. The molecule has 3 nitrogen and oxygen atoms in total. The number of anilines is 1. The molecule has 0 aliphatic carbocycles. The van der Waals surface area contributed by atoms with Gasteiger partial charge in [-0.15, -0.1) is 0 Å². The molecule has 98 valence electrons. The number of aromatic nitrogens is 1. The SMILES string of the molecule is CCc1nccc(NC(=O)Cc2ccccc2)c1Cl. The number of pyridine rings is 1. The van der Waals surface area contributed by atoms with Crippen LogP contribution in [0.3, 0.4) is 0 Å². The van der Waals surface area contributed by atoms with Crippen LogP contribution in [-0.2, 0) is 17.6 Å². The van der Waals surface area contributed by atoms with Crippen molar-refractivity contribution < 1.29 is 4.79 Å². The Morgan fingerprint density at radius 1 is 1.26 bits per heavy atom. The van der Waals surface area contributed by atoms with Crippen LogP contribution in [0.5, 0.6) is 0 Å². The highest BCUT2D eigenvalue weighted by Crippen LogP contribution is 2.24. The van der Waals surface area contributed by atoms with Gasteiger partial charge in [0, 0.05) is 6.20 Å². The monoisotopic (exact) mass is 274 g/mol. The number of amides is 1. The minimum Gasteiger partial charge on any atom is -0.324 e. The van der Waals surface area contributed by atoms with Crippen LogP contribution in [0.1, 0.15) is 18.2 Å². The van der Waals surface area contributed by atoms with Gasteiger partial charge < -0.3 is 5.32 Å². The molecule has 0 saturated carbocycles. The summed E-state index contributed by atoms with van der Waals surface area (Å²) in [6, 6.07) is 11.3. The Morgan fingerprint density at radius 3 is 2.68 bits per heavy atom. The number of carbonyl (C=O) groups excluding carboxylic acids is 1. The average molecular weight is 275 g/mol. The minimum atomic E-state index is -0.0821. The third-order valence-corrected chi connectivity index (χ3v) is 3.20. The fourth-order valence-electron chi connectivity index (χ4n) is 1.81. The number of hydrogen-bond acceptors (Lipinski definition) is 2. The third kappa shape index (κ3) is 3.55. The van der Waals surface area contributed by atoms with Gasteiger partial charge >= 0.3 is 0 Å². The first kappa shape index (κ1) is 13.6. The van der Waals surface area contributed by atoms with Crippen molar-refractivity contribution in [2.45, 2.75) is 19.8 Å². The smallest absolute Gasteiger partial charge is 0.228 e. The van der Waals surface area contributed by atoms with E-state index in [4.69, 9.17) is 11.6 Å². The van der Waals surface area contributed by atoms with Crippen molar-refractivity contribution in [1.29, 1.82) is 0 Å². The lowest BCUT2D eigenvalue weighted by Crippen LogP contribution is -2.15. The highest BCUT2D eigenvalue weighted by Gasteiger charge is 2.09. The first-order valence-electron chi connectivity index (χ1n) is 6.18. The van der Waals surface area contributed by atoms with Gasteiger partial charge in [-0.1, -0.05) is 48.9 Å². The summed E-state index contributed by atoms with van der Waals surface area (Å²) >= 11 is 6.18. The number of carbonyl (C=O) groups is 1. The third-order valence-electron chi connectivity index (χ3n) is 2.78. The van der Waals surface area contributed by atoms with Gasteiger partial charge in [0.1, 0.15) is 0 Å². The number of hydrogen-bond donors (Lipinski definition) is 1. The standard InChI is InChI=1S/C15H15ClN2O/c1-2-12-15(16)13(8-9-17-12)18-14(19)10-11-6-4-3-5-7-11/h3-9H,2,10H2,1H3,(H,17,18,19). The first-order valence-corrected chi connectivity index (χ1v) is 6.55. The Hall–Kier alpha value is -1.87. The zero-order chi connectivity index (χ0) is 13.7. The van der Waals surface area contributed by atoms with E-state index in [0.717, 1.165) is 17.7 Å². The van der Waals surface area contributed by atoms with Gasteiger partial charge in [-0.2, -0.15) is 0 Å². The first-order chi connectivity index (χ1) is 9.20. The molecule has 1 aromatic carbocycles. The van der Waals surface area contributed by atoms with Crippen molar-refractivity contribution >= 4 is 23.2 Å². The van der Waals surface area contributed by atoms with Crippen molar-refractivity contribution in [3.05, 3.63) is 58.9 Å². The summed E-state index contributed by atoms with van der Waals surface area (Å²) in [6.07, 6.45) is 2.73. The van der Waals surface area contributed by atoms with Crippen LogP contribution in [0.25, 0.3) is 0 Å². The van der Waals surface area contributed by atoms with Gasteiger partial charge in [-0.25, -0.2) is 0 Å². The van der Waals surface area contributed by atoms with Crippen LogP contribution in [0.15, 0.2) is 42.6 Å². The molecule has 0 saturated heterocycles. The van der Waals surface area contributed by atoms with Crippen LogP contribution in [-0.4, -0.2) is 10.9 Å². The molecule has 0 bridgehead atoms. The van der Waals surface area contributed by atoms with E-state index in [1.54, 1.807) is 12.3 Å². The predicted molar refractivity (Wildman–Crippen MR) is 77.4 cm³/mol. The summed E-state index contributed by atoms with van der Waals surface area (Å²) in [5, 5.41) is 3.34. The molecule has 19 heavy (non-hydrogen) atoms. The molecule has 0 aliphatic rings. The number of benzene rings is 1. The summed E-state index contributed by atoms with van der Waals surface area (Å²) in [7, 11) is 0. The lowest BCUT2D eigenvalue weighted by molar-refractivity contribution is -0.115. The average Bonchev–Trinajstić information content (AvgIpc) is 2.42. The molecule has 1 N–H and O–H groups in total. The molecule has 0 unspecified atom stereocenters. The maximum absolute atomic E-state index is 11.9. The van der Waals surface area contributed by atoms with Crippen LogP contribution in [0.4, 0.5) is 5.69 Å². The van der Waals surface area contributed by atoms with Crippen molar-refractivity contribution in [1.82, 2.24) is 4.98 Å². The fraction of sp³-hybridized carbons (Fsp3) is 0.200. The maximum Gasteiger partial charge on any atom is 0.228 e. The fourth-order valence-corrected chi connectivity index (χ4v) is 2.10. The van der Waals surface area contributed by atoms with E-state index >= 15 is 0 Å². The van der Waals surface area contributed by atoms with Gasteiger partial charge in [-0.05, 0) is 18.1 Å². The zero-order valence-corrected chi connectivity index (χ0v) is 11.4. The molecule has 1 amide bonds. The predicted octanol–water partition coefficient (Wildman–Crippen LogP) is 3.48.